The van der Waals surface area contributed by atoms with E-state index in [1.807, 2.05) is 4.68 Å². The van der Waals surface area contributed by atoms with E-state index in [-0.39, 0.29) is 63.3 Å². The van der Waals surface area contributed by atoms with Gasteiger partial charge in [0.05, 0.1) is 37.9 Å². The maximum Gasteiger partial charge on any atom is 0.307 e. The number of carboxylic acid groups (broad SMARTS) is 1. The molecule has 0 spiro atoms. The van der Waals surface area contributed by atoms with Crippen molar-refractivity contribution >= 4 is 11.9 Å². The number of aromatic nitrogens is 3. The number of allylic oxidation sites excluding steroid dienone is 1. The van der Waals surface area contributed by atoms with Crippen molar-refractivity contribution in [2.24, 2.45) is 62.4 Å². The van der Waals surface area contributed by atoms with E-state index < -0.39 is 22.8 Å². The summed E-state index contributed by atoms with van der Waals surface area (Å²) in [5, 5.41) is 18.6. The van der Waals surface area contributed by atoms with Gasteiger partial charge in [0.1, 0.15) is 6.33 Å². The molecule has 1 amide bonds. The molecule has 2 bridgehead atoms. The Bertz CT molecular complexity index is 1550. The van der Waals surface area contributed by atoms with Crippen LogP contribution in [0.2, 0.25) is 0 Å². The number of hydrogen-bond donors (Lipinski definition) is 3. The molecule has 1 aromatic heterocycles. The zero-order valence-electron chi connectivity index (χ0n) is 32.3. The second kappa shape index (κ2) is 12.6. The average molecular weight is 710 g/mol. The number of carboxylic acids is 1. The van der Waals surface area contributed by atoms with Gasteiger partial charge in [-0.25, -0.2) is 9.67 Å². The molecule has 7 rings (SSSR count). The molecule has 284 valence electrons. The lowest BCUT2D eigenvalue weighted by molar-refractivity contribution is -0.253. The maximum atomic E-state index is 13.5. The normalized spacial score (nSPS) is 43.6. The van der Waals surface area contributed by atoms with Gasteiger partial charge in [-0.15, -0.1) is 0 Å². The summed E-state index contributed by atoms with van der Waals surface area (Å²) in [4.78, 5) is 31.1. The molecule has 3 saturated carbocycles. The van der Waals surface area contributed by atoms with Crippen molar-refractivity contribution in [1.82, 2.24) is 20.1 Å². The van der Waals surface area contributed by atoms with Gasteiger partial charge in [-0.3, -0.25) is 9.59 Å². The van der Waals surface area contributed by atoms with E-state index in [2.05, 4.69) is 64.8 Å². The quantitative estimate of drug-likeness (QED) is 0.291. The number of nitrogens with two attached hydrogens (primary N) is 1. The summed E-state index contributed by atoms with van der Waals surface area (Å²) in [5.74, 6) is 0.117. The predicted molar refractivity (Wildman–Crippen MR) is 193 cm³/mol. The molecule has 11 atom stereocenters. The predicted octanol–water partition coefficient (Wildman–Crippen LogP) is 5.66. The monoisotopic (exact) mass is 709 g/mol. The highest BCUT2D eigenvalue weighted by atomic mass is 16.5. The van der Waals surface area contributed by atoms with Crippen LogP contribution in [0.1, 0.15) is 116 Å². The Morgan fingerprint density at radius 1 is 1.06 bits per heavy atom. The molecule has 2 saturated heterocycles. The summed E-state index contributed by atoms with van der Waals surface area (Å²) in [6.45, 7) is 18.8. The molecule has 4 N–H and O–H groups in total. The Morgan fingerprint density at radius 2 is 1.78 bits per heavy atom. The first-order valence-corrected chi connectivity index (χ1v) is 19.6. The number of ether oxygens (including phenoxy) is 3. The fourth-order valence-electron chi connectivity index (χ4n) is 13.1. The maximum absolute atomic E-state index is 13.5. The molecule has 5 fully saturated rings. The number of rotatable bonds is 8. The zero-order chi connectivity index (χ0) is 36.8. The van der Waals surface area contributed by atoms with Crippen molar-refractivity contribution in [1.29, 1.82) is 0 Å². The van der Waals surface area contributed by atoms with Crippen LogP contribution in [0.5, 0.6) is 0 Å². The lowest BCUT2D eigenvalue weighted by atomic mass is 9.34. The molecule has 11 heteroatoms. The number of aliphatic carboxylic acids is 1. The number of amides is 1. The molecule has 4 aliphatic carbocycles. The molecular weight excluding hydrogens is 646 g/mol. The number of hydrogen-bond acceptors (Lipinski definition) is 8. The van der Waals surface area contributed by atoms with E-state index >= 15 is 0 Å². The minimum atomic E-state index is -0.650. The topological polar surface area (TPSA) is 151 Å². The third kappa shape index (κ3) is 5.24. The van der Waals surface area contributed by atoms with Crippen LogP contribution in [-0.4, -0.2) is 83.5 Å². The number of carbonyl (C=O) groups is 2. The van der Waals surface area contributed by atoms with Gasteiger partial charge in [0.2, 0.25) is 5.82 Å². The van der Waals surface area contributed by atoms with Gasteiger partial charge in [-0.05, 0) is 91.3 Å². The van der Waals surface area contributed by atoms with Crippen LogP contribution in [0.3, 0.4) is 0 Å². The van der Waals surface area contributed by atoms with Crippen LogP contribution in [0.4, 0.5) is 0 Å². The molecule has 6 aliphatic rings. The summed E-state index contributed by atoms with van der Waals surface area (Å²) in [7, 11) is 1.62. The lowest BCUT2D eigenvalue weighted by Crippen LogP contribution is -2.69. The Morgan fingerprint density at radius 3 is 2.45 bits per heavy atom. The second-order valence-corrected chi connectivity index (χ2v) is 18.9. The molecule has 2 aliphatic heterocycles. The van der Waals surface area contributed by atoms with E-state index in [1.165, 1.54) is 11.9 Å². The van der Waals surface area contributed by atoms with Crippen LogP contribution in [0.25, 0.3) is 0 Å². The first kappa shape index (κ1) is 37.0. The lowest BCUT2D eigenvalue weighted by Gasteiger charge is -2.71. The molecule has 51 heavy (non-hydrogen) atoms. The highest BCUT2D eigenvalue weighted by Crippen LogP contribution is 2.75. The standard InChI is InChI=1S/C40H63N5O6/c1-24(2)25(3)35(4)13-14-37(6)26-9-10-29-36(5)20-50-22-40(29,27(26)11-12-38(37,7)30(35)34(47)48)19-28(45-32(33(46)42-8)43-23-44-45)31(36)51-21-39(41)15-17-49-18-16-39/h11,23-26,28-31H,9-10,12-22,41H2,1-8H3,(H,42,46)(H,47,48)/t25-,26+,28-,29+,30-,31+,35-,36-,37-,38+,40+/m1/s1. The van der Waals surface area contributed by atoms with Crippen molar-refractivity contribution in [3.05, 3.63) is 23.8 Å². The Balaban J connectivity index is 1.32. The van der Waals surface area contributed by atoms with E-state index in [9.17, 15) is 14.7 Å². The van der Waals surface area contributed by atoms with Crippen LogP contribution >= 0.6 is 0 Å². The van der Waals surface area contributed by atoms with Gasteiger partial charge >= 0.3 is 5.97 Å². The molecule has 3 heterocycles. The number of fused-ring (bicyclic) bond motifs is 3. The highest BCUT2D eigenvalue weighted by Gasteiger charge is 2.72. The van der Waals surface area contributed by atoms with Crippen molar-refractivity contribution < 1.29 is 28.9 Å². The Hall–Kier alpha value is -2.34. The molecule has 0 radical (unpaired) electrons. The zero-order valence-corrected chi connectivity index (χ0v) is 32.3. The van der Waals surface area contributed by atoms with Gasteiger partial charge < -0.3 is 30.4 Å². The van der Waals surface area contributed by atoms with Gasteiger partial charge in [0.15, 0.2) is 0 Å². The van der Waals surface area contributed by atoms with Crippen LogP contribution in [0.15, 0.2) is 18.0 Å². The molecule has 11 nitrogen and oxygen atoms in total. The van der Waals surface area contributed by atoms with Crippen molar-refractivity contribution in [2.45, 2.75) is 118 Å². The van der Waals surface area contributed by atoms with E-state index in [4.69, 9.17) is 25.0 Å². The Labute approximate surface area is 304 Å². The summed E-state index contributed by atoms with van der Waals surface area (Å²) in [5.41, 5.74) is 6.30. The fourth-order valence-corrected chi connectivity index (χ4v) is 13.1. The summed E-state index contributed by atoms with van der Waals surface area (Å²) >= 11 is 0. The first-order chi connectivity index (χ1) is 24.0. The molecule has 0 unspecified atom stereocenters. The van der Waals surface area contributed by atoms with E-state index in [0.29, 0.717) is 45.4 Å². The van der Waals surface area contributed by atoms with Crippen LogP contribution in [-0.2, 0) is 19.0 Å². The van der Waals surface area contributed by atoms with E-state index in [1.54, 1.807) is 7.05 Å². The minimum Gasteiger partial charge on any atom is -0.481 e. The van der Waals surface area contributed by atoms with Gasteiger partial charge in [-0.2, -0.15) is 5.10 Å². The van der Waals surface area contributed by atoms with Crippen LogP contribution in [0, 0.1) is 56.7 Å². The van der Waals surface area contributed by atoms with Gasteiger partial charge in [0, 0.05) is 36.6 Å². The van der Waals surface area contributed by atoms with Crippen LogP contribution < -0.4 is 11.1 Å². The molecular formula is C40H63N5O6. The molecule has 0 aromatic carbocycles. The van der Waals surface area contributed by atoms with Crippen molar-refractivity contribution in [2.75, 3.05) is 40.1 Å². The Kier molecular flexibility index (Phi) is 9.16. The molecule has 1 aromatic rings. The summed E-state index contributed by atoms with van der Waals surface area (Å²) < 4.78 is 21.2. The SMILES string of the molecule is CNC(=O)c1ncnn1[C@@H]1C[C@@]23COC[C@](C)([C@@H]2CC[C@H]2C3=CC[C@@]3(C)[C@H](C(=O)O)[C@@](C)([C@H](C)C(C)C)CC[C@]23C)[C@H]1OCC1(N)CCOCC1. The third-order valence-corrected chi connectivity index (χ3v) is 16.4. The minimum absolute atomic E-state index is 0.192. The van der Waals surface area contributed by atoms with Crippen molar-refractivity contribution in [3.63, 3.8) is 0 Å². The van der Waals surface area contributed by atoms with Gasteiger partial charge in [-0.1, -0.05) is 60.1 Å². The van der Waals surface area contributed by atoms with Gasteiger partial charge in [0.25, 0.3) is 5.91 Å². The fraction of sp³-hybridized carbons (Fsp3) is 0.850. The third-order valence-electron chi connectivity index (χ3n) is 16.4. The van der Waals surface area contributed by atoms with Crippen molar-refractivity contribution in [3.8, 4) is 0 Å². The summed E-state index contributed by atoms with van der Waals surface area (Å²) in [6.07, 6.45) is 10.5. The average Bonchev–Trinajstić information content (AvgIpc) is 3.57. The number of nitrogens with zero attached hydrogens (tertiary/aromatic N) is 3. The highest BCUT2D eigenvalue weighted by molar-refractivity contribution is 5.90. The van der Waals surface area contributed by atoms with E-state index in [0.717, 1.165) is 44.9 Å². The summed E-state index contributed by atoms with van der Waals surface area (Å²) in [6, 6.07) is -0.275. The number of nitrogens with one attached hydrogen (secondary N) is 1. The second-order valence-electron chi connectivity index (χ2n) is 18.9. The first-order valence-electron chi connectivity index (χ1n) is 19.6. The largest absolute Gasteiger partial charge is 0.481 e. The number of carbonyl (C=O) groups excluding carboxylic acids is 1. The smallest absolute Gasteiger partial charge is 0.307 e.